The molecule has 1 N–H and O–H groups in total. The minimum atomic E-state index is 0.485. The van der Waals surface area contributed by atoms with Crippen LogP contribution in [0, 0.1) is 0 Å². The molecule has 0 saturated carbocycles. The van der Waals surface area contributed by atoms with E-state index in [1.165, 1.54) is 32.3 Å². The number of hydrogen-bond donors (Lipinski definition) is 1. The van der Waals surface area contributed by atoms with Gasteiger partial charge in [-0.05, 0) is 38.1 Å². The highest BCUT2D eigenvalue weighted by Gasteiger charge is 2.17. The van der Waals surface area contributed by atoms with Crippen molar-refractivity contribution in [2.45, 2.75) is 12.8 Å². The molecule has 2 aromatic heterocycles. The Kier molecular flexibility index (Phi) is 4.32. The maximum atomic E-state index is 5.97. The fourth-order valence-electron chi connectivity index (χ4n) is 3.06. The molecule has 0 spiro atoms. The molecule has 0 amide bonds. The molecule has 0 atom stereocenters. The highest BCUT2D eigenvalue weighted by atomic mass is 35.5. The number of nitrogens with zero attached hydrogens (tertiary/aromatic N) is 4. The van der Waals surface area contributed by atoms with E-state index in [-0.39, 0.29) is 0 Å². The number of nitrogens with one attached hydrogen (secondary N) is 1. The predicted octanol–water partition coefficient (Wildman–Crippen LogP) is 3.45. The molecule has 4 rings (SSSR count). The summed E-state index contributed by atoms with van der Waals surface area (Å²) in [5.74, 6) is 0.755. The Bertz CT molecular complexity index is 827. The number of hydrogen-bond acceptors (Lipinski definition) is 6. The van der Waals surface area contributed by atoms with E-state index in [0.29, 0.717) is 10.7 Å². The van der Waals surface area contributed by atoms with Crippen molar-refractivity contribution in [3.8, 4) is 11.3 Å². The van der Waals surface area contributed by atoms with Gasteiger partial charge in [0.15, 0.2) is 0 Å². The number of halogens is 1. The van der Waals surface area contributed by atoms with Crippen LogP contribution in [0.15, 0.2) is 35.1 Å². The van der Waals surface area contributed by atoms with Crippen molar-refractivity contribution in [2.75, 3.05) is 31.5 Å². The maximum absolute atomic E-state index is 5.97. The average molecular weight is 344 g/mol. The standard InChI is InChI=1S/C17H18ClN5O/c18-13-5-3-12(4-6-13)15-14-16(20-11-21-17(14)24-22-15)19-7-10-23-8-1-2-9-23/h3-6,11H,1-2,7-10H2,(H,19,20,21). The molecule has 1 aromatic carbocycles. The minimum Gasteiger partial charge on any atom is -0.368 e. The zero-order valence-corrected chi connectivity index (χ0v) is 14.0. The molecule has 124 valence electrons. The molecule has 0 aliphatic carbocycles. The number of likely N-dealkylation sites (tertiary alicyclic amines) is 1. The van der Waals surface area contributed by atoms with Crippen LogP contribution < -0.4 is 5.32 Å². The second kappa shape index (κ2) is 6.75. The fourth-order valence-corrected chi connectivity index (χ4v) is 3.19. The maximum Gasteiger partial charge on any atom is 0.263 e. The smallest absolute Gasteiger partial charge is 0.263 e. The van der Waals surface area contributed by atoms with Crippen LogP contribution in [0.3, 0.4) is 0 Å². The third kappa shape index (κ3) is 3.07. The van der Waals surface area contributed by atoms with Crippen LogP contribution >= 0.6 is 11.6 Å². The monoisotopic (exact) mass is 343 g/mol. The highest BCUT2D eigenvalue weighted by Crippen LogP contribution is 2.31. The SMILES string of the molecule is Clc1ccc(-c2noc3ncnc(NCCN4CCCC4)c23)cc1. The summed E-state index contributed by atoms with van der Waals surface area (Å²) in [6, 6.07) is 7.50. The van der Waals surface area contributed by atoms with E-state index >= 15 is 0 Å². The first-order chi connectivity index (χ1) is 11.8. The second-order valence-electron chi connectivity index (χ2n) is 5.92. The lowest BCUT2D eigenvalue weighted by atomic mass is 10.1. The molecule has 3 heterocycles. The lowest BCUT2D eigenvalue weighted by Gasteiger charge is -2.15. The van der Waals surface area contributed by atoms with Crippen LogP contribution in [0.1, 0.15) is 12.8 Å². The van der Waals surface area contributed by atoms with Gasteiger partial charge in [0.1, 0.15) is 23.2 Å². The van der Waals surface area contributed by atoms with Crippen LogP contribution in [0.2, 0.25) is 5.02 Å². The highest BCUT2D eigenvalue weighted by molar-refractivity contribution is 6.30. The third-order valence-electron chi connectivity index (χ3n) is 4.31. The Morgan fingerprint density at radius 2 is 1.92 bits per heavy atom. The third-order valence-corrected chi connectivity index (χ3v) is 4.56. The van der Waals surface area contributed by atoms with Gasteiger partial charge in [0.25, 0.3) is 5.71 Å². The van der Waals surface area contributed by atoms with E-state index < -0.39 is 0 Å². The van der Waals surface area contributed by atoms with Gasteiger partial charge in [-0.25, -0.2) is 4.98 Å². The topological polar surface area (TPSA) is 67.1 Å². The van der Waals surface area contributed by atoms with Crippen molar-refractivity contribution in [2.24, 2.45) is 0 Å². The first-order valence-corrected chi connectivity index (χ1v) is 8.51. The molecule has 0 bridgehead atoms. The Labute approximate surface area is 144 Å². The van der Waals surface area contributed by atoms with E-state index in [9.17, 15) is 0 Å². The number of fused-ring (bicyclic) bond motifs is 1. The van der Waals surface area contributed by atoms with E-state index in [1.807, 2.05) is 24.3 Å². The molecule has 1 aliphatic heterocycles. The van der Waals surface area contributed by atoms with Gasteiger partial charge in [0.05, 0.1) is 0 Å². The Morgan fingerprint density at radius 1 is 1.12 bits per heavy atom. The van der Waals surface area contributed by atoms with Gasteiger partial charge in [0.2, 0.25) is 0 Å². The molecule has 1 aliphatic rings. The number of anilines is 1. The summed E-state index contributed by atoms with van der Waals surface area (Å²) in [6.45, 7) is 4.21. The van der Waals surface area contributed by atoms with Gasteiger partial charge in [-0.15, -0.1) is 0 Å². The summed E-state index contributed by atoms with van der Waals surface area (Å²) in [5.41, 5.74) is 2.14. The lowest BCUT2D eigenvalue weighted by molar-refractivity contribution is 0.352. The summed E-state index contributed by atoms with van der Waals surface area (Å²) >= 11 is 5.97. The Morgan fingerprint density at radius 3 is 2.71 bits per heavy atom. The largest absolute Gasteiger partial charge is 0.368 e. The van der Waals surface area contributed by atoms with E-state index in [4.69, 9.17) is 16.1 Å². The van der Waals surface area contributed by atoms with Crippen molar-refractivity contribution in [3.05, 3.63) is 35.6 Å². The lowest BCUT2D eigenvalue weighted by Crippen LogP contribution is -2.26. The van der Waals surface area contributed by atoms with E-state index in [2.05, 4.69) is 25.3 Å². The van der Waals surface area contributed by atoms with Gasteiger partial charge in [-0.1, -0.05) is 28.9 Å². The van der Waals surface area contributed by atoms with Crippen LogP contribution in [0.4, 0.5) is 5.82 Å². The quantitative estimate of drug-likeness (QED) is 0.765. The van der Waals surface area contributed by atoms with E-state index in [1.54, 1.807) is 0 Å². The molecule has 7 heteroatoms. The van der Waals surface area contributed by atoms with Crippen LogP contribution in [-0.2, 0) is 0 Å². The van der Waals surface area contributed by atoms with Crippen molar-refractivity contribution in [3.63, 3.8) is 0 Å². The fraction of sp³-hybridized carbons (Fsp3) is 0.353. The second-order valence-corrected chi connectivity index (χ2v) is 6.35. The predicted molar refractivity (Wildman–Crippen MR) is 94.2 cm³/mol. The Balaban J connectivity index is 1.60. The molecular formula is C17H18ClN5O. The summed E-state index contributed by atoms with van der Waals surface area (Å²) in [7, 11) is 0. The normalized spacial score (nSPS) is 15.2. The van der Waals surface area contributed by atoms with Crippen molar-refractivity contribution in [1.82, 2.24) is 20.0 Å². The summed E-state index contributed by atoms with van der Waals surface area (Å²) in [6.07, 6.45) is 4.09. The number of rotatable bonds is 5. The summed E-state index contributed by atoms with van der Waals surface area (Å²) in [5, 5.41) is 9.07. The molecule has 1 saturated heterocycles. The Hall–Kier alpha value is -2.18. The van der Waals surface area contributed by atoms with Crippen LogP contribution in [-0.4, -0.2) is 46.2 Å². The molecule has 6 nitrogen and oxygen atoms in total. The molecule has 3 aromatic rings. The first kappa shape index (κ1) is 15.4. The van der Waals surface area contributed by atoms with Gasteiger partial charge in [-0.3, -0.25) is 0 Å². The van der Waals surface area contributed by atoms with Crippen LogP contribution in [0.25, 0.3) is 22.4 Å². The van der Waals surface area contributed by atoms with E-state index in [0.717, 1.165) is 35.6 Å². The van der Waals surface area contributed by atoms with Gasteiger partial charge in [-0.2, -0.15) is 4.98 Å². The molecular weight excluding hydrogens is 326 g/mol. The minimum absolute atomic E-state index is 0.485. The summed E-state index contributed by atoms with van der Waals surface area (Å²) in [4.78, 5) is 11.0. The first-order valence-electron chi connectivity index (χ1n) is 8.14. The number of benzene rings is 1. The van der Waals surface area contributed by atoms with Gasteiger partial charge < -0.3 is 14.7 Å². The van der Waals surface area contributed by atoms with Crippen molar-refractivity contribution >= 4 is 28.5 Å². The molecule has 24 heavy (non-hydrogen) atoms. The molecule has 1 fully saturated rings. The van der Waals surface area contributed by atoms with Crippen molar-refractivity contribution in [1.29, 1.82) is 0 Å². The van der Waals surface area contributed by atoms with Gasteiger partial charge in [0, 0.05) is 23.7 Å². The average Bonchev–Trinajstić information content (AvgIpc) is 3.25. The zero-order valence-electron chi connectivity index (χ0n) is 13.2. The van der Waals surface area contributed by atoms with Crippen LogP contribution in [0.5, 0.6) is 0 Å². The summed E-state index contributed by atoms with van der Waals surface area (Å²) < 4.78 is 5.37. The molecule has 0 radical (unpaired) electrons. The molecule has 0 unspecified atom stereocenters. The van der Waals surface area contributed by atoms with Gasteiger partial charge >= 0.3 is 0 Å². The zero-order chi connectivity index (χ0) is 16.4. The van der Waals surface area contributed by atoms with Crippen molar-refractivity contribution < 1.29 is 4.52 Å². The number of aromatic nitrogens is 3.